The Morgan fingerprint density at radius 1 is 0.977 bits per heavy atom. The summed E-state index contributed by atoms with van der Waals surface area (Å²) in [6, 6.07) is 26.0. The van der Waals surface area contributed by atoms with Crippen LogP contribution in [0.25, 0.3) is 10.9 Å². The third kappa shape index (κ3) is 6.91. The van der Waals surface area contributed by atoms with Gasteiger partial charge in [-0.25, -0.2) is 18.1 Å². The summed E-state index contributed by atoms with van der Waals surface area (Å²) >= 11 is 0. The Balaban J connectivity index is 1.61. The summed E-state index contributed by atoms with van der Waals surface area (Å²) < 4.78 is 31.1. The molecule has 0 saturated carbocycles. The van der Waals surface area contributed by atoms with Crippen LogP contribution in [0.2, 0.25) is 0 Å². The molecule has 4 aromatic carbocycles. The summed E-state index contributed by atoms with van der Waals surface area (Å²) in [7, 11) is -4.17. The summed E-state index contributed by atoms with van der Waals surface area (Å²) in [6.45, 7) is 1.35. The largest absolute Gasteiger partial charge is 0.326 e. The molecule has 12 nitrogen and oxygen atoms in total. The van der Waals surface area contributed by atoms with Crippen LogP contribution < -0.4 is 15.6 Å². The van der Waals surface area contributed by atoms with Crippen LogP contribution in [0.5, 0.6) is 0 Å². The molecule has 13 heteroatoms. The van der Waals surface area contributed by atoms with E-state index >= 15 is 0 Å². The van der Waals surface area contributed by atoms with E-state index in [2.05, 4.69) is 15.1 Å². The first-order valence-corrected chi connectivity index (χ1v) is 14.8. The van der Waals surface area contributed by atoms with Crippen molar-refractivity contribution in [3.8, 4) is 0 Å². The number of hydrogen-bond acceptors (Lipinski definition) is 8. The second-order valence-electron chi connectivity index (χ2n) is 9.77. The zero-order valence-electron chi connectivity index (χ0n) is 23.3. The van der Waals surface area contributed by atoms with E-state index in [-0.39, 0.29) is 34.1 Å². The fourth-order valence-electron chi connectivity index (χ4n) is 4.50. The van der Waals surface area contributed by atoms with E-state index in [9.17, 15) is 28.1 Å². The van der Waals surface area contributed by atoms with Crippen molar-refractivity contribution in [2.24, 2.45) is 5.10 Å². The van der Waals surface area contributed by atoms with Crippen molar-refractivity contribution >= 4 is 44.4 Å². The molecule has 5 aromatic rings. The highest BCUT2D eigenvalue weighted by Crippen LogP contribution is 2.23. The molecule has 2 N–H and O–H groups in total. The van der Waals surface area contributed by atoms with E-state index in [1.165, 1.54) is 61.7 Å². The van der Waals surface area contributed by atoms with Gasteiger partial charge in [0.05, 0.1) is 33.0 Å². The monoisotopic (exact) mass is 610 g/mol. The average Bonchev–Trinajstić information content (AvgIpc) is 3.01. The van der Waals surface area contributed by atoms with Crippen LogP contribution in [0, 0.1) is 10.1 Å². The van der Waals surface area contributed by atoms with Gasteiger partial charge in [-0.15, -0.1) is 0 Å². The number of rotatable bonds is 10. The predicted molar refractivity (Wildman–Crippen MR) is 166 cm³/mol. The van der Waals surface area contributed by atoms with E-state index in [0.717, 1.165) is 10.2 Å². The van der Waals surface area contributed by atoms with Crippen molar-refractivity contribution in [2.45, 2.75) is 24.3 Å². The molecule has 1 unspecified atom stereocenters. The number of amides is 1. The number of benzene rings is 4. The maximum Gasteiger partial charge on any atom is 0.282 e. The SMILES string of the molecule is CC(=O)Nc1ccc(S(=O)(=O)NC(Cc2ccccc2)c2nc3ccccc3c(=O)n2/N=C/c2ccc([N+](=O)[O-])cc2)cc1. The molecule has 0 aliphatic rings. The van der Waals surface area contributed by atoms with Crippen molar-refractivity contribution < 1.29 is 18.1 Å². The minimum absolute atomic E-state index is 0.0363. The molecule has 0 aliphatic heterocycles. The number of fused-ring (bicyclic) bond motifs is 1. The van der Waals surface area contributed by atoms with Crippen molar-refractivity contribution in [2.75, 3.05) is 5.32 Å². The highest BCUT2D eigenvalue weighted by atomic mass is 32.2. The second-order valence-corrected chi connectivity index (χ2v) is 11.5. The van der Waals surface area contributed by atoms with Gasteiger partial charge < -0.3 is 5.32 Å². The summed E-state index contributed by atoms with van der Waals surface area (Å²) in [6.07, 6.45) is 1.47. The fraction of sp³-hybridized carbons (Fsp3) is 0.0968. The lowest BCUT2D eigenvalue weighted by Crippen LogP contribution is -2.35. The van der Waals surface area contributed by atoms with E-state index < -0.39 is 26.5 Å². The summed E-state index contributed by atoms with van der Waals surface area (Å²) in [4.78, 5) is 40.3. The van der Waals surface area contributed by atoms with Crippen LogP contribution in [0.15, 0.2) is 118 Å². The van der Waals surface area contributed by atoms with Crippen LogP contribution >= 0.6 is 0 Å². The van der Waals surface area contributed by atoms with Crippen LogP contribution in [0.1, 0.15) is 29.9 Å². The number of nitro groups is 1. The van der Waals surface area contributed by atoms with Crippen molar-refractivity contribution in [3.63, 3.8) is 0 Å². The Kier molecular flexibility index (Phi) is 8.69. The lowest BCUT2D eigenvalue weighted by molar-refractivity contribution is -0.384. The number of non-ortho nitro benzene ring substituents is 1. The van der Waals surface area contributed by atoms with E-state index in [4.69, 9.17) is 4.98 Å². The number of anilines is 1. The molecule has 0 aliphatic carbocycles. The molecular formula is C31H26N6O6S. The third-order valence-electron chi connectivity index (χ3n) is 6.58. The minimum atomic E-state index is -4.17. The quantitative estimate of drug-likeness (QED) is 0.134. The van der Waals surface area contributed by atoms with Crippen LogP contribution in [-0.4, -0.2) is 35.1 Å². The molecular weight excluding hydrogens is 584 g/mol. The van der Waals surface area contributed by atoms with Gasteiger partial charge in [0.2, 0.25) is 15.9 Å². The van der Waals surface area contributed by atoms with E-state index in [1.54, 1.807) is 24.3 Å². The summed E-state index contributed by atoms with van der Waals surface area (Å²) in [5.74, 6) is -0.259. The third-order valence-corrected chi connectivity index (χ3v) is 8.07. The molecule has 0 saturated heterocycles. The number of carbonyl (C=O) groups excluding carboxylic acids is 1. The summed E-state index contributed by atoms with van der Waals surface area (Å²) in [5, 5.41) is 18.3. The lowest BCUT2D eigenvalue weighted by atomic mass is 10.1. The normalized spacial score (nSPS) is 12.3. The molecule has 1 amide bonds. The number of nitro benzene ring substituents is 1. The fourth-order valence-corrected chi connectivity index (χ4v) is 5.69. The average molecular weight is 611 g/mol. The highest BCUT2D eigenvalue weighted by Gasteiger charge is 2.27. The number of nitrogens with zero attached hydrogens (tertiary/aromatic N) is 4. The molecule has 1 heterocycles. The van der Waals surface area contributed by atoms with E-state index in [0.29, 0.717) is 16.8 Å². The van der Waals surface area contributed by atoms with E-state index in [1.807, 2.05) is 30.3 Å². The second kappa shape index (κ2) is 12.8. The van der Waals surface area contributed by atoms with Crippen LogP contribution in [-0.2, 0) is 21.2 Å². The molecule has 1 aromatic heterocycles. The van der Waals surface area contributed by atoms with Gasteiger partial charge in [-0.1, -0.05) is 42.5 Å². The highest BCUT2D eigenvalue weighted by molar-refractivity contribution is 7.89. The predicted octanol–water partition coefficient (Wildman–Crippen LogP) is 4.41. The topological polar surface area (TPSA) is 166 Å². The first-order chi connectivity index (χ1) is 21.1. The Labute approximate surface area is 251 Å². The van der Waals surface area contributed by atoms with Gasteiger partial charge in [-0.3, -0.25) is 19.7 Å². The molecule has 222 valence electrons. The molecule has 0 bridgehead atoms. The molecule has 1 atom stereocenters. The van der Waals surface area contributed by atoms with Crippen molar-refractivity contribution in [3.05, 3.63) is 141 Å². The van der Waals surface area contributed by atoms with Crippen molar-refractivity contribution in [1.82, 2.24) is 14.4 Å². The first-order valence-electron chi connectivity index (χ1n) is 13.3. The number of aromatic nitrogens is 2. The smallest absolute Gasteiger partial charge is 0.282 e. The maximum atomic E-state index is 13.7. The first kappa shape index (κ1) is 29.9. The molecule has 5 rings (SSSR count). The zero-order valence-corrected chi connectivity index (χ0v) is 24.1. The Bertz CT molecular complexity index is 2030. The van der Waals surface area contributed by atoms with Gasteiger partial charge in [0.15, 0.2) is 5.82 Å². The lowest BCUT2D eigenvalue weighted by Gasteiger charge is -2.21. The Morgan fingerprint density at radius 2 is 1.64 bits per heavy atom. The van der Waals surface area contributed by atoms with Gasteiger partial charge in [-0.05, 0) is 66.1 Å². The number of sulfonamides is 1. The molecule has 0 fully saturated rings. The molecule has 0 radical (unpaired) electrons. The zero-order chi connectivity index (χ0) is 31.3. The van der Waals surface area contributed by atoms with Gasteiger partial charge in [0, 0.05) is 24.7 Å². The van der Waals surface area contributed by atoms with Gasteiger partial charge >= 0.3 is 0 Å². The number of para-hydroxylation sites is 1. The standard InChI is InChI=1S/C31H26N6O6S/c1-21(38)33-24-13-17-26(18-14-24)44(42,43)35-29(19-22-7-3-2-4-8-22)30-34-28-10-6-5-9-27(28)31(39)36(30)32-20-23-11-15-25(16-12-23)37(40)41/h2-18,20,29,35H,19H2,1H3,(H,33,38)/b32-20+. The molecule has 44 heavy (non-hydrogen) atoms. The molecule has 0 spiro atoms. The van der Waals surface area contributed by atoms with Crippen LogP contribution in [0.4, 0.5) is 11.4 Å². The van der Waals surface area contributed by atoms with Gasteiger partial charge in [0.25, 0.3) is 11.2 Å². The van der Waals surface area contributed by atoms with Gasteiger partial charge in [-0.2, -0.15) is 9.78 Å². The number of hydrogen-bond donors (Lipinski definition) is 2. The van der Waals surface area contributed by atoms with Crippen LogP contribution in [0.3, 0.4) is 0 Å². The maximum absolute atomic E-state index is 13.7. The number of carbonyl (C=O) groups is 1. The van der Waals surface area contributed by atoms with Crippen molar-refractivity contribution in [1.29, 1.82) is 0 Å². The summed E-state index contributed by atoms with van der Waals surface area (Å²) in [5.41, 5.74) is 1.40. The minimum Gasteiger partial charge on any atom is -0.326 e. The van der Waals surface area contributed by atoms with Gasteiger partial charge in [0.1, 0.15) is 0 Å². The Morgan fingerprint density at radius 3 is 2.30 bits per heavy atom. The Hall–Kier alpha value is -5.53. The number of nitrogens with one attached hydrogen (secondary N) is 2.